The summed E-state index contributed by atoms with van der Waals surface area (Å²) in [5.41, 5.74) is 6.38. The Labute approximate surface area is 159 Å². The summed E-state index contributed by atoms with van der Waals surface area (Å²) in [6.45, 7) is 6.60. The molecule has 0 unspecified atom stereocenters. The van der Waals surface area contributed by atoms with E-state index in [1.165, 1.54) is 16.7 Å². The first-order valence-electron chi connectivity index (χ1n) is 9.12. The highest BCUT2D eigenvalue weighted by molar-refractivity contribution is 5.79. The van der Waals surface area contributed by atoms with Crippen LogP contribution in [0.1, 0.15) is 26.3 Å². The van der Waals surface area contributed by atoms with Crippen molar-refractivity contribution >= 4 is 0 Å². The van der Waals surface area contributed by atoms with Crippen molar-refractivity contribution < 1.29 is 4.52 Å². The second-order valence-electron chi connectivity index (χ2n) is 7.69. The van der Waals surface area contributed by atoms with Crippen molar-refractivity contribution in [3.8, 4) is 33.7 Å². The Morgan fingerprint density at radius 3 is 1.96 bits per heavy atom. The Hall–Kier alpha value is -3.20. The average molecular weight is 354 g/mol. The van der Waals surface area contributed by atoms with Crippen LogP contribution in [0.2, 0.25) is 0 Å². The standard InChI is InChI=1S/C24H22N2O/c1-24(2,3)21-12-8-7-11-20(21)23-22(25-26-27-23)19-15-13-18(14-16-19)17-9-5-4-6-10-17/h4-16H,1-3H3. The summed E-state index contributed by atoms with van der Waals surface area (Å²) in [4.78, 5) is 0. The quantitative estimate of drug-likeness (QED) is 0.429. The molecule has 0 aliphatic heterocycles. The SMILES string of the molecule is CC(C)(C)c1ccccc1-c1onnc1-c1ccc(-c2ccccc2)cc1. The molecule has 3 nitrogen and oxygen atoms in total. The fourth-order valence-electron chi connectivity index (χ4n) is 3.34. The largest absolute Gasteiger partial charge is 0.336 e. The van der Waals surface area contributed by atoms with Crippen molar-refractivity contribution in [2.75, 3.05) is 0 Å². The van der Waals surface area contributed by atoms with E-state index in [1.807, 2.05) is 24.3 Å². The zero-order valence-corrected chi connectivity index (χ0v) is 15.8. The molecule has 3 heteroatoms. The van der Waals surface area contributed by atoms with Crippen molar-refractivity contribution in [2.45, 2.75) is 26.2 Å². The van der Waals surface area contributed by atoms with Crippen LogP contribution in [0, 0.1) is 0 Å². The predicted octanol–water partition coefficient (Wildman–Crippen LogP) is 6.37. The number of nitrogens with zero attached hydrogens (tertiary/aromatic N) is 2. The lowest BCUT2D eigenvalue weighted by atomic mass is 9.82. The van der Waals surface area contributed by atoms with Gasteiger partial charge in [0.05, 0.1) is 0 Å². The minimum atomic E-state index is -0.00216. The Bertz CT molecular complexity index is 1040. The van der Waals surface area contributed by atoms with E-state index in [-0.39, 0.29) is 5.41 Å². The predicted molar refractivity (Wildman–Crippen MR) is 109 cm³/mol. The molecule has 0 spiro atoms. The number of hydrogen-bond donors (Lipinski definition) is 0. The summed E-state index contributed by atoms with van der Waals surface area (Å²) in [5, 5.41) is 8.13. The van der Waals surface area contributed by atoms with E-state index >= 15 is 0 Å². The van der Waals surface area contributed by atoms with Crippen LogP contribution in [0.25, 0.3) is 33.7 Å². The number of hydrogen-bond acceptors (Lipinski definition) is 3. The molecule has 0 aliphatic carbocycles. The third-order valence-electron chi connectivity index (χ3n) is 4.73. The molecule has 4 rings (SSSR count). The molecule has 0 atom stereocenters. The third kappa shape index (κ3) is 3.41. The summed E-state index contributed by atoms with van der Waals surface area (Å²) < 4.78 is 5.59. The third-order valence-corrected chi connectivity index (χ3v) is 4.73. The Morgan fingerprint density at radius 2 is 1.26 bits per heavy atom. The molecular formula is C24H22N2O. The molecule has 1 heterocycles. The zero-order chi connectivity index (χ0) is 18.9. The van der Waals surface area contributed by atoms with Crippen molar-refractivity contribution in [3.63, 3.8) is 0 Å². The van der Waals surface area contributed by atoms with Gasteiger partial charge in [0.2, 0.25) is 0 Å². The number of rotatable bonds is 3. The summed E-state index contributed by atoms with van der Waals surface area (Å²) >= 11 is 0. The van der Waals surface area contributed by atoms with Gasteiger partial charge in [-0.3, -0.25) is 0 Å². The number of benzene rings is 3. The summed E-state index contributed by atoms with van der Waals surface area (Å²) in [6.07, 6.45) is 0. The molecule has 0 saturated carbocycles. The van der Waals surface area contributed by atoms with E-state index in [4.69, 9.17) is 4.52 Å². The van der Waals surface area contributed by atoms with Gasteiger partial charge in [-0.25, -0.2) is 0 Å². The molecule has 134 valence electrons. The van der Waals surface area contributed by atoms with E-state index in [9.17, 15) is 0 Å². The van der Waals surface area contributed by atoms with Gasteiger partial charge in [-0.2, -0.15) is 0 Å². The maximum absolute atomic E-state index is 5.59. The summed E-state index contributed by atoms with van der Waals surface area (Å²) in [7, 11) is 0. The van der Waals surface area contributed by atoms with Crippen LogP contribution in [0.4, 0.5) is 0 Å². The lowest BCUT2D eigenvalue weighted by Gasteiger charge is -2.21. The molecule has 0 radical (unpaired) electrons. The van der Waals surface area contributed by atoms with Gasteiger partial charge in [0, 0.05) is 16.4 Å². The fourth-order valence-corrected chi connectivity index (χ4v) is 3.34. The Kier molecular flexibility index (Phi) is 4.36. The highest BCUT2D eigenvalue weighted by Crippen LogP contribution is 2.37. The van der Waals surface area contributed by atoms with Crippen LogP contribution in [0.3, 0.4) is 0 Å². The maximum atomic E-state index is 5.59. The van der Waals surface area contributed by atoms with Crippen molar-refractivity contribution in [1.82, 2.24) is 10.4 Å². The van der Waals surface area contributed by atoms with E-state index in [1.54, 1.807) is 0 Å². The molecule has 3 aromatic carbocycles. The monoisotopic (exact) mass is 354 g/mol. The van der Waals surface area contributed by atoms with E-state index < -0.39 is 0 Å². The molecule has 0 N–H and O–H groups in total. The van der Waals surface area contributed by atoms with Gasteiger partial charge in [-0.1, -0.05) is 99.6 Å². The van der Waals surface area contributed by atoms with Crippen LogP contribution in [-0.4, -0.2) is 10.4 Å². The van der Waals surface area contributed by atoms with Crippen molar-refractivity contribution in [3.05, 3.63) is 84.4 Å². The molecule has 0 aliphatic rings. The normalized spacial score (nSPS) is 11.5. The van der Waals surface area contributed by atoms with Gasteiger partial charge in [0.15, 0.2) is 5.76 Å². The van der Waals surface area contributed by atoms with Crippen molar-refractivity contribution in [1.29, 1.82) is 0 Å². The second-order valence-corrected chi connectivity index (χ2v) is 7.69. The minimum absolute atomic E-state index is 0.00216. The van der Waals surface area contributed by atoms with E-state index in [2.05, 4.69) is 85.7 Å². The van der Waals surface area contributed by atoms with Crippen LogP contribution in [0.15, 0.2) is 83.4 Å². The maximum Gasteiger partial charge on any atom is 0.195 e. The molecule has 1 aromatic heterocycles. The second kappa shape index (κ2) is 6.84. The van der Waals surface area contributed by atoms with Gasteiger partial charge in [-0.05, 0) is 22.1 Å². The first-order valence-corrected chi connectivity index (χ1v) is 9.12. The molecule has 0 bridgehead atoms. The van der Waals surface area contributed by atoms with Gasteiger partial charge < -0.3 is 4.52 Å². The average Bonchev–Trinajstić information content (AvgIpc) is 3.18. The lowest BCUT2D eigenvalue weighted by molar-refractivity contribution is 0.402. The van der Waals surface area contributed by atoms with Crippen LogP contribution >= 0.6 is 0 Å². The minimum Gasteiger partial charge on any atom is -0.336 e. The zero-order valence-electron chi connectivity index (χ0n) is 15.8. The Balaban J connectivity index is 1.76. The number of aromatic nitrogens is 2. The molecule has 0 fully saturated rings. The molecule has 4 aromatic rings. The molecule has 0 amide bonds. The van der Waals surface area contributed by atoms with E-state index in [0.717, 1.165) is 16.8 Å². The van der Waals surface area contributed by atoms with E-state index in [0.29, 0.717) is 5.76 Å². The fraction of sp³-hybridized carbons (Fsp3) is 0.167. The summed E-state index contributed by atoms with van der Waals surface area (Å²) in [6, 6.07) is 27.0. The van der Waals surface area contributed by atoms with Gasteiger partial charge in [0.1, 0.15) is 5.69 Å². The Morgan fingerprint density at radius 1 is 0.667 bits per heavy atom. The lowest BCUT2D eigenvalue weighted by Crippen LogP contribution is -2.12. The van der Waals surface area contributed by atoms with Gasteiger partial charge in [0.25, 0.3) is 0 Å². The van der Waals surface area contributed by atoms with Gasteiger partial charge in [-0.15, -0.1) is 5.10 Å². The highest BCUT2D eigenvalue weighted by Gasteiger charge is 2.23. The molecular weight excluding hydrogens is 332 g/mol. The topological polar surface area (TPSA) is 38.9 Å². The van der Waals surface area contributed by atoms with Crippen LogP contribution in [-0.2, 0) is 5.41 Å². The first kappa shape index (κ1) is 17.2. The van der Waals surface area contributed by atoms with Crippen molar-refractivity contribution in [2.24, 2.45) is 0 Å². The highest BCUT2D eigenvalue weighted by atomic mass is 16.5. The smallest absolute Gasteiger partial charge is 0.195 e. The van der Waals surface area contributed by atoms with Crippen LogP contribution < -0.4 is 0 Å². The molecule has 0 saturated heterocycles. The molecule has 27 heavy (non-hydrogen) atoms. The summed E-state index contributed by atoms with van der Waals surface area (Å²) in [5.74, 6) is 0.716. The van der Waals surface area contributed by atoms with Crippen LogP contribution in [0.5, 0.6) is 0 Å². The first-order chi connectivity index (χ1) is 13.0. The van der Waals surface area contributed by atoms with Gasteiger partial charge >= 0.3 is 0 Å².